The zero-order valence-corrected chi connectivity index (χ0v) is 25.1. The molecule has 0 bridgehead atoms. The summed E-state index contributed by atoms with van der Waals surface area (Å²) in [6.07, 6.45) is 8.61. The van der Waals surface area contributed by atoms with Crippen LogP contribution in [-0.2, 0) is 0 Å². The van der Waals surface area contributed by atoms with Gasteiger partial charge in [0, 0.05) is 36.1 Å². The van der Waals surface area contributed by atoms with Crippen LogP contribution in [0.25, 0.3) is 22.6 Å². The number of aromatic nitrogens is 4. The summed E-state index contributed by atoms with van der Waals surface area (Å²) in [6, 6.07) is 12.4. The molecule has 222 valence electrons. The topological polar surface area (TPSA) is 175 Å². The SMILES string of the molecule is CC1CSc2nc(-c3cccc(O)c3)c(-c3ccnc(N[C@@H]4CCCNC4)n3)n21.N#CC12CC1C=C(S)C1CC12.O.O. The van der Waals surface area contributed by atoms with Gasteiger partial charge in [-0.15, -0.1) is 12.6 Å². The molecule has 2 aromatic heterocycles. The first-order valence-corrected chi connectivity index (χ1v) is 15.6. The zero-order valence-electron chi connectivity index (χ0n) is 23.4. The number of piperidine rings is 1. The van der Waals surface area contributed by atoms with Gasteiger partial charge in [0.25, 0.3) is 0 Å². The fraction of sp³-hybridized carbons (Fsp3) is 0.467. The highest BCUT2D eigenvalue weighted by atomic mass is 32.2. The molecule has 5 aliphatic rings. The van der Waals surface area contributed by atoms with E-state index in [4.69, 9.17) is 15.2 Å². The number of nitrogens with zero attached hydrogens (tertiary/aromatic N) is 5. The number of anilines is 1. The van der Waals surface area contributed by atoms with Gasteiger partial charge >= 0.3 is 0 Å². The Hall–Kier alpha value is -3.08. The van der Waals surface area contributed by atoms with E-state index in [0.29, 0.717) is 35.8 Å². The summed E-state index contributed by atoms with van der Waals surface area (Å²) in [5.74, 6) is 3.78. The number of nitrogens with one attached hydrogen (secondary N) is 2. The second-order valence-electron chi connectivity index (χ2n) is 11.6. The zero-order chi connectivity index (χ0) is 27.4. The van der Waals surface area contributed by atoms with Gasteiger partial charge in [-0.3, -0.25) is 0 Å². The molecule has 1 saturated heterocycles. The summed E-state index contributed by atoms with van der Waals surface area (Å²) in [7, 11) is 0. The van der Waals surface area contributed by atoms with E-state index in [2.05, 4.69) is 51.9 Å². The molecule has 3 fully saturated rings. The Morgan fingerprint density at radius 3 is 2.88 bits per heavy atom. The van der Waals surface area contributed by atoms with Crippen molar-refractivity contribution in [3.63, 3.8) is 0 Å². The van der Waals surface area contributed by atoms with Crippen LogP contribution < -0.4 is 10.6 Å². The van der Waals surface area contributed by atoms with Crippen LogP contribution in [0.3, 0.4) is 0 Å². The molecule has 0 spiro atoms. The van der Waals surface area contributed by atoms with Crippen molar-refractivity contribution in [3.05, 3.63) is 47.5 Å². The van der Waals surface area contributed by atoms with Crippen LogP contribution in [0.5, 0.6) is 5.75 Å². The number of phenols is 1. The van der Waals surface area contributed by atoms with Crippen molar-refractivity contribution >= 4 is 30.3 Å². The van der Waals surface area contributed by atoms with E-state index < -0.39 is 0 Å². The number of thioether (sulfide) groups is 1. The van der Waals surface area contributed by atoms with Crippen molar-refractivity contribution in [1.82, 2.24) is 24.8 Å². The number of benzene rings is 1. The molecule has 2 saturated carbocycles. The predicted octanol–water partition coefficient (Wildman–Crippen LogP) is 3.87. The number of hydrogen-bond donors (Lipinski definition) is 4. The molecule has 7 N–H and O–H groups in total. The normalized spacial score (nSPS) is 29.5. The fourth-order valence-corrected chi connectivity index (χ4v) is 8.15. The van der Waals surface area contributed by atoms with Crippen molar-refractivity contribution in [2.45, 2.75) is 49.8 Å². The van der Waals surface area contributed by atoms with Gasteiger partial charge in [-0.2, -0.15) is 5.26 Å². The maximum absolute atomic E-state index is 9.98. The van der Waals surface area contributed by atoms with Crippen LogP contribution in [0.2, 0.25) is 0 Å². The quantitative estimate of drug-likeness (QED) is 0.323. The van der Waals surface area contributed by atoms with E-state index in [9.17, 15) is 5.11 Å². The molecular formula is C30H37N7O3S2. The van der Waals surface area contributed by atoms with Gasteiger partial charge in [0.15, 0.2) is 5.16 Å². The molecule has 8 rings (SSSR count). The number of hydrogen-bond acceptors (Lipinski definition) is 9. The third kappa shape index (κ3) is 5.40. The number of phenolic OH excluding ortho intramolecular Hbond substituents is 1. The van der Waals surface area contributed by atoms with Crippen molar-refractivity contribution in [1.29, 1.82) is 5.26 Å². The third-order valence-electron chi connectivity index (χ3n) is 8.89. The highest BCUT2D eigenvalue weighted by molar-refractivity contribution is 7.99. The largest absolute Gasteiger partial charge is 0.508 e. The van der Waals surface area contributed by atoms with Crippen LogP contribution in [0, 0.1) is 34.5 Å². The number of nitriles is 1. The molecule has 3 aliphatic carbocycles. The summed E-state index contributed by atoms with van der Waals surface area (Å²) in [4.78, 5) is 15.4. The molecule has 4 heterocycles. The summed E-state index contributed by atoms with van der Waals surface area (Å²) >= 11 is 6.17. The van der Waals surface area contributed by atoms with Crippen LogP contribution in [0.1, 0.15) is 38.6 Å². The molecule has 0 radical (unpaired) electrons. The van der Waals surface area contributed by atoms with Crippen LogP contribution >= 0.6 is 24.4 Å². The Kier molecular flexibility index (Phi) is 8.60. The summed E-state index contributed by atoms with van der Waals surface area (Å²) in [5, 5.41) is 26.8. The fourth-order valence-electron chi connectivity index (χ4n) is 6.58. The monoisotopic (exact) mass is 607 g/mol. The molecule has 1 aromatic carbocycles. The van der Waals surface area contributed by atoms with Gasteiger partial charge in [0.05, 0.1) is 28.6 Å². The van der Waals surface area contributed by atoms with E-state index in [0.717, 1.165) is 65.9 Å². The Balaban J connectivity index is 0.000000227. The van der Waals surface area contributed by atoms with Crippen LogP contribution in [0.4, 0.5) is 5.95 Å². The molecule has 0 amide bonds. The van der Waals surface area contributed by atoms with E-state index in [-0.39, 0.29) is 22.1 Å². The molecular weight excluding hydrogens is 571 g/mol. The lowest BCUT2D eigenvalue weighted by Gasteiger charge is -2.23. The minimum atomic E-state index is 0. The van der Waals surface area contributed by atoms with Crippen LogP contribution in [-0.4, -0.2) is 60.5 Å². The lowest BCUT2D eigenvalue weighted by atomic mass is 9.94. The van der Waals surface area contributed by atoms with Gasteiger partial charge < -0.3 is 31.3 Å². The lowest BCUT2D eigenvalue weighted by molar-refractivity contribution is 0.475. The average Bonchev–Trinajstić information content (AvgIpc) is 3.84. The maximum atomic E-state index is 9.98. The molecule has 2 aliphatic heterocycles. The van der Waals surface area contributed by atoms with Gasteiger partial charge in [-0.1, -0.05) is 30.0 Å². The van der Waals surface area contributed by atoms with Crippen molar-refractivity contribution in [2.75, 3.05) is 24.2 Å². The standard InChI is InChI=1S/C21H24N6OS.C9H9NS.2H2O/c1-13-12-29-21-26-18(14-4-2-6-16(28)10-14)19(27(13)21)17-7-9-23-20(25-17)24-15-5-3-8-22-11-15;10-4-9-3-5(9)1-8(11)6-2-7(6)9;;/h2,4,6-7,9-10,13,15,22,28H,3,5,8,11-12H2,1H3,(H,23,24,25);1,5-7,11H,2-3H2;2*1H2/t13?,15-;;;/m1.../s1. The van der Waals surface area contributed by atoms with E-state index >= 15 is 0 Å². The van der Waals surface area contributed by atoms with Gasteiger partial charge in [-0.05, 0) is 80.0 Å². The molecule has 5 unspecified atom stereocenters. The second-order valence-corrected chi connectivity index (χ2v) is 13.1. The molecule has 6 atom stereocenters. The van der Waals surface area contributed by atoms with Gasteiger partial charge in [0.1, 0.15) is 5.75 Å². The molecule has 3 aromatic rings. The minimum Gasteiger partial charge on any atom is -0.508 e. The smallest absolute Gasteiger partial charge is 0.223 e. The van der Waals surface area contributed by atoms with E-state index in [1.54, 1.807) is 30.1 Å². The number of rotatable bonds is 4. The number of aromatic hydroxyl groups is 1. The number of allylic oxidation sites excluding steroid dienone is 2. The first-order chi connectivity index (χ1) is 19.5. The molecule has 12 heteroatoms. The van der Waals surface area contributed by atoms with E-state index in [1.807, 2.05) is 18.2 Å². The summed E-state index contributed by atoms with van der Waals surface area (Å²) < 4.78 is 2.26. The first-order valence-electron chi connectivity index (χ1n) is 14.1. The maximum Gasteiger partial charge on any atom is 0.223 e. The highest BCUT2D eigenvalue weighted by Gasteiger charge is 2.69. The number of imidazole rings is 1. The number of thiol groups is 1. The van der Waals surface area contributed by atoms with Crippen LogP contribution in [0.15, 0.2) is 52.7 Å². The third-order valence-corrected chi connectivity index (χ3v) is 10.6. The number of fused-ring (bicyclic) bond motifs is 4. The first kappa shape index (κ1) is 30.4. The Morgan fingerprint density at radius 2 is 2.12 bits per heavy atom. The van der Waals surface area contributed by atoms with Crippen molar-refractivity contribution in [3.8, 4) is 34.5 Å². The predicted molar refractivity (Wildman–Crippen MR) is 167 cm³/mol. The van der Waals surface area contributed by atoms with Gasteiger partial charge in [0.2, 0.25) is 5.95 Å². The highest BCUT2D eigenvalue weighted by Crippen LogP contribution is 2.73. The summed E-state index contributed by atoms with van der Waals surface area (Å²) in [6.45, 7) is 4.21. The lowest BCUT2D eigenvalue weighted by Crippen LogP contribution is -2.38. The Bertz CT molecular complexity index is 1530. The molecule has 42 heavy (non-hydrogen) atoms. The Morgan fingerprint density at radius 1 is 1.26 bits per heavy atom. The van der Waals surface area contributed by atoms with Crippen molar-refractivity contribution < 1.29 is 16.1 Å². The molecule has 10 nitrogen and oxygen atoms in total. The summed E-state index contributed by atoms with van der Waals surface area (Å²) in [5.41, 5.74) is 3.64. The second kappa shape index (κ2) is 11.9. The van der Waals surface area contributed by atoms with Crippen molar-refractivity contribution in [2.24, 2.45) is 23.2 Å². The minimum absolute atomic E-state index is 0. The van der Waals surface area contributed by atoms with Gasteiger partial charge in [-0.25, -0.2) is 15.0 Å². The van der Waals surface area contributed by atoms with E-state index in [1.165, 1.54) is 11.3 Å². The average molecular weight is 608 g/mol. The Labute approximate surface area is 255 Å².